The summed E-state index contributed by atoms with van der Waals surface area (Å²) in [5, 5.41) is 12.5. The van der Waals surface area contributed by atoms with Gasteiger partial charge >= 0.3 is 5.97 Å². The number of amides is 1. The van der Waals surface area contributed by atoms with E-state index in [1.54, 1.807) is 12.1 Å². The molecule has 0 radical (unpaired) electrons. The van der Waals surface area contributed by atoms with Crippen molar-refractivity contribution in [2.45, 2.75) is 33.1 Å². The van der Waals surface area contributed by atoms with Gasteiger partial charge in [-0.3, -0.25) is 9.59 Å². The fourth-order valence-electron chi connectivity index (χ4n) is 2.07. The average molecular weight is 312 g/mol. The maximum atomic E-state index is 11.8. The Hall–Kier alpha value is -1.55. The standard InChI is InChI=1S/C16H22ClNO3/c1-11(2)9-13(16(20)21)10-18-15(19)8-5-12-3-6-14(17)7-4-12/h3-4,6-7,11,13H,5,8-10H2,1-2H3,(H,18,19)(H,20,21). The van der Waals surface area contributed by atoms with Crippen LogP contribution in [0.25, 0.3) is 0 Å². The van der Waals surface area contributed by atoms with Crippen LogP contribution in [0.4, 0.5) is 0 Å². The van der Waals surface area contributed by atoms with Gasteiger partial charge in [0.15, 0.2) is 0 Å². The van der Waals surface area contributed by atoms with Crippen LogP contribution in [-0.2, 0) is 16.0 Å². The summed E-state index contributed by atoms with van der Waals surface area (Å²) in [6.07, 6.45) is 1.52. The number of carboxylic acid groups (broad SMARTS) is 1. The van der Waals surface area contributed by atoms with Gasteiger partial charge in [-0.15, -0.1) is 0 Å². The van der Waals surface area contributed by atoms with Crippen molar-refractivity contribution < 1.29 is 14.7 Å². The molecule has 0 saturated heterocycles. The summed E-state index contributed by atoms with van der Waals surface area (Å²) in [4.78, 5) is 22.9. The molecule has 0 saturated carbocycles. The van der Waals surface area contributed by atoms with Crippen molar-refractivity contribution in [1.82, 2.24) is 5.32 Å². The summed E-state index contributed by atoms with van der Waals surface area (Å²) in [5.74, 6) is -1.22. The van der Waals surface area contributed by atoms with Crippen LogP contribution in [0.3, 0.4) is 0 Å². The molecular weight excluding hydrogens is 290 g/mol. The van der Waals surface area contributed by atoms with Gasteiger partial charge in [0, 0.05) is 18.0 Å². The van der Waals surface area contributed by atoms with Gasteiger partial charge in [-0.25, -0.2) is 0 Å². The van der Waals surface area contributed by atoms with E-state index in [1.807, 2.05) is 26.0 Å². The van der Waals surface area contributed by atoms with Crippen molar-refractivity contribution in [3.05, 3.63) is 34.9 Å². The highest BCUT2D eigenvalue weighted by molar-refractivity contribution is 6.30. The molecule has 1 amide bonds. The third kappa shape index (κ3) is 7.14. The quantitative estimate of drug-likeness (QED) is 0.775. The van der Waals surface area contributed by atoms with E-state index in [0.29, 0.717) is 24.3 Å². The first-order valence-electron chi connectivity index (χ1n) is 7.12. The van der Waals surface area contributed by atoms with Crippen molar-refractivity contribution in [3.63, 3.8) is 0 Å². The zero-order valence-corrected chi connectivity index (χ0v) is 13.2. The third-order valence-electron chi connectivity index (χ3n) is 3.20. The van der Waals surface area contributed by atoms with Gasteiger partial charge in [-0.2, -0.15) is 0 Å². The van der Waals surface area contributed by atoms with Gasteiger partial charge < -0.3 is 10.4 Å². The van der Waals surface area contributed by atoms with E-state index in [9.17, 15) is 9.59 Å². The van der Waals surface area contributed by atoms with Crippen LogP contribution < -0.4 is 5.32 Å². The molecule has 4 nitrogen and oxygen atoms in total. The SMILES string of the molecule is CC(C)CC(CNC(=O)CCc1ccc(Cl)cc1)C(=O)O. The van der Waals surface area contributed by atoms with E-state index in [4.69, 9.17) is 16.7 Å². The molecule has 0 heterocycles. The largest absolute Gasteiger partial charge is 0.481 e. The number of hydrogen-bond acceptors (Lipinski definition) is 2. The fraction of sp³-hybridized carbons (Fsp3) is 0.500. The average Bonchev–Trinajstić information content (AvgIpc) is 2.42. The zero-order valence-electron chi connectivity index (χ0n) is 12.4. The minimum absolute atomic E-state index is 0.125. The maximum absolute atomic E-state index is 11.8. The molecule has 0 spiro atoms. The number of hydrogen-bond donors (Lipinski definition) is 2. The summed E-state index contributed by atoms with van der Waals surface area (Å²) in [6, 6.07) is 7.35. The van der Waals surface area contributed by atoms with Crippen molar-refractivity contribution >= 4 is 23.5 Å². The molecule has 1 atom stereocenters. The fourth-order valence-corrected chi connectivity index (χ4v) is 2.20. The topological polar surface area (TPSA) is 66.4 Å². The van der Waals surface area contributed by atoms with Gasteiger partial charge in [0.05, 0.1) is 5.92 Å². The summed E-state index contributed by atoms with van der Waals surface area (Å²) in [7, 11) is 0. The van der Waals surface area contributed by atoms with Crippen LogP contribution in [0, 0.1) is 11.8 Å². The first kappa shape index (κ1) is 17.5. The van der Waals surface area contributed by atoms with Crippen molar-refractivity contribution in [2.75, 3.05) is 6.54 Å². The minimum Gasteiger partial charge on any atom is -0.481 e. The molecule has 21 heavy (non-hydrogen) atoms. The second-order valence-electron chi connectivity index (χ2n) is 5.60. The van der Waals surface area contributed by atoms with Crippen LogP contribution in [0.2, 0.25) is 5.02 Å². The van der Waals surface area contributed by atoms with Gasteiger partial charge in [0.2, 0.25) is 5.91 Å². The lowest BCUT2D eigenvalue weighted by Gasteiger charge is -2.15. The Balaban J connectivity index is 2.35. The Labute approximate surface area is 130 Å². The number of halogens is 1. The zero-order chi connectivity index (χ0) is 15.8. The highest BCUT2D eigenvalue weighted by Gasteiger charge is 2.19. The smallest absolute Gasteiger partial charge is 0.308 e. The molecule has 1 rings (SSSR count). The number of aliphatic carboxylic acids is 1. The molecule has 116 valence electrons. The van der Waals surface area contributed by atoms with Crippen molar-refractivity contribution in [3.8, 4) is 0 Å². The molecule has 0 aliphatic carbocycles. The van der Waals surface area contributed by atoms with Gasteiger partial charge in [-0.05, 0) is 36.5 Å². The molecule has 0 bridgehead atoms. The lowest BCUT2D eigenvalue weighted by Crippen LogP contribution is -2.33. The number of carboxylic acids is 1. The van der Waals surface area contributed by atoms with E-state index < -0.39 is 11.9 Å². The molecule has 0 aromatic heterocycles. The number of carbonyl (C=O) groups is 2. The summed E-state index contributed by atoms with van der Waals surface area (Å²) < 4.78 is 0. The lowest BCUT2D eigenvalue weighted by molar-refractivity contribution is -0.142. The predicted octanol–water partition coefficient (Wildman–Crippen LogP) is 3.14. The normalized spacial score (nSPS) is 12.2. The van der Waals surface area contributed by atoms with E-state index in [-0.39, 0.29) is 18.4 Å². The van der Waals surface area contributed by atoms with Crippen LogP contribution in [0.1, 0.15) is 32.3 Å². The van der Waals surface area contributed by atoms with Crippen LogP contribution >= 0.6 is 11.6 Å². The second-order valence-corrected chi connectivity index (χ2v) is 6.03. The summed E-state index contributed by atoms with van der Waals surface area (Å²) >= 11 is 5.80. The van der Waals surface area contributed by atoms with Gasteiger partial charge in [0.1, 0.15) is 0 Å². The van der Waals surface area contributed by atoms with E-state index in [0.717, 1.165) is 5.56 Å². The van der Waals surface area contributed by atoms with Crippen LogP contribution in [0.5, 0.6) is 0 Å². The number of nitrogens with one attached hydrogen (secondary N) is 1. The monoisotopic (exact) mass is 311 g/mol. The molecule has 1 aromatic rings. The minimum atomic E-state index is -0.860. The number of carbonyl (C=O) groups excluding carboxylic acids is 1. The van der Waals surface area contributed by atoms with Crippen LogP contribution in [-0.4, -0.2) is 23.5 Å². The lowest BCUT2D eigenvalue weighted by atomic mass is 9.97. The van der Waals surface area contributed by atoms with E-state index in [2.05, 4.69) is 5.32 Å². The number of aryl methyl sites for hydroxylation is 1. The summed E-state index contributed by atoms with van der Waals surface area (Å²) in [5.41, 5.74) is 1.03. The highest BCUT2D eigenvalue weighted by atomic mass is 35.5. The maximum Gasteiger partial charge on any atom is 0.308 e. The van der Waals surface area contributed by atoms with Crippen molar-refractivity contribution in [1.29, 1.82) is 0 Å². The predicted molar refractivity (Wildman–Crippen MR) is 83.4 cm³/mol. The van der Waals surface area contributed by atoms with Crippen LogP contribution in [0.15, 0.2) is 24.3 Å². The Morgan fingerprint density at radius 3 is 2.38 bits per heavy atom. The van der Waals surface area contributed by atoms with E-state index >= 15 is 0 Å². The molecule has 0 aliphatic heterocycles. The molecule has 0 fully saturated rings. The number of rotatable bonds is 8. The first-order valence-corrected chi connectivity index (χ1v) is 7.50. The van der Waals surface area contributed by atoms with Gasteiger partial charge in [-0.1, -0.05) is 37.6 Å². The first-order chi connectivity index (χ1) is 9.88. The third-order valence-corrected chi connectivity index (χ3v) is 3.46. The molecule has 1 unspecified atom stereocenters. The summed E-state index contributed by atoms with van der Waals surface area (Å²) in [6.45, 7) is 4.13. The highest BCUT2D eigenvalue weighted by Crippen LogP contribution is 2.12. The molecule has 5 heteroatoms. The Bertz CT molecular complexity index is 471. The Kier molecular flexibility index (Phi) is 7.23. The number of benzene rings is 1. The molecule has 1 aromatic carbocycles. The molecular formula is C16H22ClNO3. The Morgan fingerprint density at radius 2 is 1.86 bits per heavy atom. The second kappa shape index (κ2) is 8.67. The Morgan fingerprint density at radius 1 is 1.24 bits per heavy atom. The molecule has 0 aliphatic rings. The van der Waals surface area contributed by atoms with Gasteiger partial charge in [0.25, 0.3) is 0 Å². The molecule has 2 N–H and O–H groups in total. The van der Waals surface area contributed by atoms with E-state index in [1.165, 1.54) is 0 Å². The van der Waals surface area contributed by atoms with Crippen molar-refractivity contribution in [2.24, 2.45) is 11.8 Å².